The number of hydrogen-bond acceptors (Lipinski definition) is 2. The van der Waals surface area contributed by atoms with E-state index >= 15 is 0 Å². The van der Waals surface area contributed by atoms with Gasteiger partial charge in [0.1, 0.15) is 0 Å². The summed E-state index contributed by atoms with van der Waals surface area (Å²) in [6, 6.07) is 5.56. The number of benzene rings is 1. The molecule has 1 atom stereocenters. The van der Waals surface area contributed by atoms with Crippen LogP contribution in [-0.2, 0) is 0 Å². The van der Waals surface area contributed by atoms with Crippen molar-refractivity contribution in [3.05, 3.63) is 33.8 Å². The Morgan fingerprint density at radius 1 is 1.42 bits per heavy atom. The summed E-state index contributed by atoms with van der Waals surface area (Å²) in [6.07, 6.45) is 2.35. The maximum Gasteiger partial charge on any atom is 0.178 e. The van der Waals surface area contributed by atoms with Crippen molar-refractivity contribution in [1.82, 2.24) is 4.90 Å². The molecule has 1 fully saturated rings. The van der Waals surface area contributed by atoms with Gasteiger partial charge in [-0.25, -0.2) is 0 Å². The molecule has 1 aromatic rings. The molecule has 0 amide bonds. The quantitative estimate of drug-likeness (QED) is 0.773. The van der Waals surface area contributed by atoms with E-state index in [9.17, 15) is 4.79 Å². The summed E-state index contributed by atoms with van der Waals surface area (Å²) in [5.41, 5.74) is 0.570. The molecule has 0 aromatic heterocycles. The molecule has 2 rings (SSSR count). The van der Waals surface area contributed by atoms with Crippen molar-refractivity contribution < 1.29 is 4.79 Å². The highest BCUT2D eigenvalue weighted by Crippen LogP contribution is 2.26. The molecule has 1 unspecified atom stereocenters. The van der Waals surface area contributed by atoms with E-state index in [-0.39, 0.29) is 5.78 Å². The number of hydrogen-bond donors (Lipinski definition) is 0. The summed E-state index contributed by atoms with van der Waals surface area (Å²) in [5.74, 6) is 0.658. The normalized spacial score (nSPS) is 20.2. The van der Waals surface area contributed by atoms with E-state index < -0.39 is 0 Å². The van der Waals surface area contributed by atoms with Gasteiger partial charge in [0.05, 0.1) is 11.6 Å². The van der Waals surface area contributed by atoms with Gasteiger partial charge in [-0.2, -0.15) is 0 Å². The lowest BCUT2D eigenvalue weighted by Crippen LogP contribution is -2.37. The molecule has 1 aliphatic heterocycles. The first-order valence-electron chi connectivity index (χ1n) is 6.71. The monoisotopic (exact) mass is 299 g/mol. The fourth-order valence-corrected chi connectivity index (χ4v) is 3.30. The van der Waals surface area contributed by atoms with Crippen molar-refractivity contribution in [3.8, 4) is 0 Å². The predicted octanol–water partition coefficient (Wildman–Crippen LogP) is 4.30. The first-order chi connectivity index (χ1) is 8.99. The predicted molar refractivity (Wildman–Crippen MR) is 80.2 cm³/mol. The molecule has 1 aromatic carbocycles. The van der Waals surface area contributed by atoms with Crippen LogP contribution in [0.1, 0.15) is 37.0 Å². The van der Waals surface area contributed by atoms with Crippen LogP contribution in [0, 0.1) is 5.92 Å². The second kappa shape index (κ2) is 6.25. The van der Waals surface area contributed by atoms with Gasteiger partial charge in [-0.1, -0.05) is 37.0 Å². The Balaban J connectivity index is 2.08. The van der Waals surface area contributed by atoms with Gasteiger partial charge in [0, 0.05) is 16.6 Å². The molecule has 19 heavy (non-hydrogen) atoms. The van der Waals surface area contributed by atoms with Crippen LogP contribution in [-0.4, -0.2) is 29.8 Å². The molecule has 4 heteroatoms. The highest BCUT2D eigenvalue weighted by Gasteiger charge is 2.28. The Bertz CT molecular complexity index is 473. The van der Waals surface area contributed by atoms with Crippen LogP contribution in [0.2, 0.25) is 10.0 Å². The summed E-state index contributed by atoms with van der Waals surface area (Å²) in [5, 5.41) is 1.00. The summed E-state index contributed by atoms with van der Waals surface area (Å²) >= 11 is 11.9. The largest absolute Gasteiger partial charge is 0.293 e. The SMILES string of the molecule is CC(C)C1CCCN1CC(=O)c1ccc(Cl)cc1Cl. The second-order valence-electron chi connectivity index (χ2n) is 5.47. The molecule has 2 nitrogen and oxygen atoms in total. The van der Waals surface area contributed by atoms with Gasteiger partial charge in [-0.3, -0.25) is 9.69 Å². The van der Waals surface area contributed by atoms with Gasteiger partial charge < -0.3 is 0 Å². The maximum atomic E-state index is 12.3. The minimum Gasteiger partial charge on any atom is -0.293 e. The first kappa shape index (κ1) is 14.8. The fourth-order valence-electron chi connectivity index (χ4n) is 2.79. The summed E-state index contributed by atoms with van der Waals surface area (Å²) in [4.78, 5) is 14.6. The third-order valence-corrected chi connectivity index (χ3v) is 4.31. The van der Waals surface area contributed by atoms with Crippen LogP contribution in [0.5, 0.6) is 0 Å². The third kappa shape index (κ3) is 3.50. The maximum absolute atomic E-state index is 12.3. The van der Waals surface area contributed by atoms with E-state index in [1.807, 2.05) is 0 Å². The summed E-state index contributed by atoms with van der Waals surface area (Å²) in [6.45, 7) is 5.87. The molecular formula is C15H19Cl2NO. The molecule has 1 aliphatic rings. The second-order valence-corrected chi connectivity index (χ2v) is 6.32. The van der Waals surface area contributed by atoms with E-state index in [1.54, 1.807) is 18.2 Å². The number of halogens is 2. The Labute approximate surface area is 124 Å². The topological polar surface area (TPSA) is 20.3 Å². The van der Waals surface area contributed by atoms with E-state index in [0.29, 0.717) is 34.1 Å². The molecule has 104 valence electrons. The Morgan fingerprint density at radius 2 is 2.16 bits per heavy atom. The highest BCUT2D eigenvalue weighted by atomic mass is 35.5. The van der Waals surface area contributed by atoms with E-state index in [0.717, 1.165) is 6.54 Å². The standard InChI is InChI=1S/C15H19Cl2NO/c1-10(2)14-4-3-7-18(14)9-15(19)12-6-5-11(16)8-13(12)17/h5-6,8,10,14H,3-4,7,9H2,1-2H3. The molecule has 0 saturated carbocycles. The number of ketones is 1. The molecule has 1 heterocycles. The van der Waals surface area contributed by atoms with Gasteiger partial charge in [0.25, 0.3) is 0 Å². The minimum absolute atomic E-state index is 0.0780. The van der Waals surface area contributed by atoms with Gasteiger partial charge in [0.15, 0.2) is 5.78 Å². The molecule has 0 aliphatic carbocycles. The highest BCUT2D eigenvalue weighted by molar-refractivity contribution is 6.36. The van der Waals surface area contributed by atoms with Crippen LogP contribution in [0.15, 0.2) is 18.2 Å². The number of likely N-dealkylation sites (tertiary alicyclic amines) is 1. The number of carbonyl (C=O) groups is 1. The van der Waals surface area contributed by atoms with Gasteiger partial charge in [-0.15, -0.1) is 0 Å². The number of rotatable bonds is 4. The Hall–Kier alpha value is -0.570. The van der Waals surface area contributed by atoms with E-state index in [1.165, 1.54) is 12.8 Å². The van der Waals surface area contributed by atoms with Gasteiger partial charge >= 0.3 is 0 Å². The molecular weight excluding hydrogens is 281 g/mol. The molecule has 0 bridgehead atoms. The van der Waals surface area contributed by atoms with E-state index in [2.05, 4.69) is 18.7 Å². The number of carbonyl (C=O) groups excluding carboxylic acids is 1. The van der Waals surface area contributed by atoms with Crippen molar-refractivity contribution in [2.45, 2.75) is 32.7 Å². The number of nitrogens with zero attached hydrogens (tertiary/aromatic N) is 1. The smallest absolute Gasteiger partial charge is 0.178 e. The average molecular weight is 300 g/mol. The molecule has 0 radical (unpaired) electrons. The van der Waals surface area contributed by atoms with Crippen molar-refractivity contribution in [3.63, 3.8) is 0 Å². The van der Waals surface area contributed by atoms with Crippen molar-refractivity contribution in [2.75, 3.05) is 13.1 Å². The summed E-state index contributed by atoms with van der Waals surface area (Å²) in [7, 11) is 0. The summed E-state index contributed by atoms with van der Waals surface area (Å²) < 4.78 is 0. The van der Waals surface area contributed by atoms with Gasteiger partial charge in [-0.05, 0) is 43.5 Å². The lowest BCUT2D eigenvalue weighted by Gasteiger charge is -2.26. The Kier molecular flexibility index (Phi) is 4.88. The minimum atomic E-state index is 0.0780. The zero-order valence-corrected chi connectivity index (χ0v) is 12.8. The van der Waals surface area contributed by atoms with Crippen molar-refractivity contribution in [2.24, 2.45) is 5.92 Å². The Morgan fingerprint density at radius 3 is 2.79 bits per heavy atom. The van der Waals surface area contributed by atoms with Crippen LogP contribution >= 0.6 is 23.2 Å². The van der Waals surface area contributed by atoms with Crippen LogP contribution in [0.4, 0.5) is 0 Å². The van der Waals surface area contributed by atoms with Crippen LogP contribution in [0.3, 0.4) is 0 Å². The third-order valence-electron chi connectivity index (χ3n) is 3.76. The zero-order valence-electron chi connectivity index (χ0n) is 11.3. The van der Waals surface area contributed by atoms with Gasteiger partial charge in [0.2, 0.25) is 0 Å². The average Bonchev–Trinajstić information content (AvgIpc) is 2.76. The van der Waals surface area contributed by atoms with Crippen LogP contribution < -0.4 is 0 Å². The molecule has 0 spiro atoms. The lowest BCUT2D eigenvalue weighted by molar-refractivity contribution is 0.0904. The zero-order chi connectivity index (χ0) is 14.0. The van der Waals surface area contributed by atoms with E-state index in [4.69, 9.17) is 23.2 Å². The lowest BCUT2D eigenvalue weighted by atomic mass is 10.0. The van der Waals surface area contributed by atoms with Crippen molar-refractivity contribution >= 4 is 29.0 Å². The van der Waals surface area contributed by atoms with Crippen LogP contribution in [0.25, 0.3) is 0 Å². The van der Waals surface area contributed by atoms with Crippen molar-refractivity contribution in [1.29, 1.82) is 0 Å². The molecule has 0 N–H and O–H groups in total. The first-order valence-corrected chi connectivity index (χ1v) is 7.47. The molecule has 1 saturated heterocycles. The number of Topliss-reactive ketones (excluding diaryl/α,β-unsaturated/α-hetero) is 1. The fraction of sp³-hybridized carbons (Fsp3) is 0.533.